The number of fused-ring (bicyclic) bond motifs is 4. The van der Waals surface area contributed by atoms with Crippen molar-refractivity contribution in [2.75, 3.05) is 20.8 Å². The molecule has 3 aromatic rings. The zero-order valence-electron chi connectivity index (χ0n) is 17.6. The minimum absolute atomic E-state index is 0.175. The number of H-pyrrole nitrogens is 1. The lowest BCUT2D eigenvalue weighted by molar-refractivity contribution is -0.746. The third-order valence-corrected chi connectivity index (χ3v) is 7.18. The first kappa shape index (κ1) is 18.6. The molecule has 0 amide bonds. The number of benzene rings is 2. The molecule has 0 saturated heterocycles. The molecule has 0 bridgehead atoms. The Labute approximate surface area is 172 Å². The van der Waals surface area contributed by atoms with Crippen molar-refractivity contribution in [1.29, 1.82) is 0 Å². The Hall–Kier alpha value is -2.46. The highest BCUT2D eigenvalue weighted by atomic mass is 16.5. The maximum absolute atomic E-state index is 5.83. The molecule has 2 aliphatic rings. The first-order valence-corrected chi connectivity index (χ1v) is 10.8. The standard InChI is InChI=1S/C25H30N2O2/c1-16-8-7-13-25(14-16)24-22(18-9-4-5-11-20(18)27-24)19(15-26-25)17-10-6-12-21(28-2)23(17)29-3/h4-6,9-12,16,19,26-27H,7-8,13-15H2,1-3H3/p+1/t16-,19-,25-/m0/s1. The molecule has 2 heterocycles. The van der Waals surface area contributed by atoms with E-state index in [4.69, 9.17) is 9.47 Å². The molecule has 3 atom stereocenters. The molecule has 0 radical (unpaired) electrons. The number of aromatic nitrogens is 1. The fourth-order valence-corrected chi connectivity index (χ4v) is 5.95. The highest BCUT2D eigenvalue weighted by Gasteiger charge is 2.48. The van der Waals surface area contributed by atoms with E-state index < -0.39 is 0 Å². The van der Waals surface area contributed by atoms with E-state index in [1.165, 1.54) is 53.4 Å². The van der Waals surface area contributed by atoms with E-state index >= 15 is 0 Å². The van der Waals surface area contributed by atoms with Crippen LogP contribution in [0, 0.1) is 5.92 Å². The highest BCUT2D eigenvalue weighted by molar-refractivity contribution is 5.86. The van der Waals surface area contributed by atoms with E-state index in [0.29, 0.717) is 0 Å². The van der Waals surface area contributed by atoms with Crippen LogP contribution in [0.15, 0.2) is 42.5 Å². The largest absolute Gasteiger partial charge is 0.493 e. The van der Waals surface area contributed by atoms with E-state index in [-0.39, 0.29) is 11.5 Å². The van der Waals surface area contributed by atoms with E-state index in [1.54, 1.807) is 14.2 Å². The maximum Gasteiger partial charge on any atom is 0.164 e. The van der Waals surface area contributed by atoms with Gasteiger partial charge in [-0.25, -0.2) is 0 Å². The molecule has 0 unspecified atom stereocenters. The van der Waals surface area contributed by atoms with E-state index in [9.17, 15) is 0 Å². The van der Waals surface area contributed by atoms with Gasteiger partial charge in [0, 0.05) is 34.9 Å². The minimum atomic E-state index is 0.175. The van der Waals surface area contributed by atoms with Crippen molar-refractivity contribution < 1.29 is 14.8 Å². The fraction of sp³-hybridized carbons (Fsp3) is 0.440. The van der Waals surface area contributed by atoms with Gasteiger partial charge in [-0.1, -0.05) is 43.7 Å². The van der Waals surface area contributed by atoms with Gasteiger partial charge in [0.05, 0.1) is 32.4 Å². The van der Waals surface area contributed by atoms with Crippen LogP contribution in [0.5, 0.6) is 11.5 Å². The SMILES string of the molecule is COc1cccc([C@@H]2C[NH2+][C@]3(CCC[C@H](C)C3)c3[nH]c4ccccc4c32)c1OC. The number of nitrogens with two attached hydrogens (primary N) is 1. The van der Waals surface area contributed by atoms with Crippen molar-refractivity contribution in [2.45, 2.75) is 44.1 Å². The van der Waals surface area contributed by atoms with Gasteiger partial charge in [0.15, 0.2) is 11.5 Å². The second kappa shape index (κ2) is 7.10. The average Bonchev–Trinajstić information content (AvgIpc) is 3.15. The Bertz CT molecular complexity index is 1040. The van der Waals surface area contributed by atoms with Crippen LogP contribution in [0.4, 0.5) is 0 Å². The van der Waals surface area contributed by atoms with Crippen LogP contribution in [0.2, 0.25) is 0 Å². The molecule has 4 nitrogen and oxygen atoms in total. The second-order valence-electron chi connectivity index (χ2n) is 8.89. The van der Waals surface area contributed by atoms with Gasteiger partial charge in [-0.05, 0) is 24.5 Å². The van der Waals surface area contributed by atoms with Gasteiger partial charge >= 0.3 is 0 Å². The molecule has 2 aromatic carbocycles. The maximum atomic E-state index is 5.83. The van der Waals surface area contributed by atoms with Crippen molar-refractivity contribution in [1.82, 2.24) is 4.98 Å². The molecule has 1 saturated carbocycles. The van der Waals surface area contributed by atoms with Crippen molar-refractivity contribution in [3.8, 4) is 11.5 Å². The van der Waals surface area contributed by atoms with Crippen LogP contribution >= 0.6 is 0 Å². The molecule has 1 fully saturated rings. The van der Waals surface area contributed by atoms with Crippen molar-refractivity contribution >= 4 is 10.9 Å². The summed E-state index contributed by atoms with van der Waals surface area (Å²) < 4.78 is 11.4. The number of hydrogen-bond acceptors (Lipinski definition) is 2. The first-order valence-electron chi connectivity index (χ1n) is 10.8. The number of methoxy groups -OCH3 is 2. The monoisotopic (exact) mass is 391 g/mol. The summed E-state index contributed by atoms with van der Waals surface area (Å²) >= 11 is 0. The molecule has 152 valence electrons. The Morgan fingerprint density at radius 2 is 1.93 bits per heavy atom. The van der Waals surface area contributed by atoms with Gasteiger partial charge in [0.1, 0.15) is 5.54 Å². The average molecular weight is 392 g/mol. The summed E-state index contributed by atoms with van der Waals surface area (Å²) in [4.78, 5) is 3.86. The molecule has 3 N–H and O–H groups in total. The quantitative estimate of drug-likeness (QED) is 0.699. The Morgan fingerprint density at radius 3 is 2.72 bits per heavy atom. The van der Waals surface area contributed by atoms with Crippen LogP contribution in [0.25, 0.3) is 10.9 Å². The van der Waals surface area contributed by atoms with Gasteiger partial charge in [-0.15, -0.1) is 0 Å². The van der Waals surface area contributed by atoms with Crippen LogP contribution in [0.3, 0.4) is 0 Å². The number of aromatic amines is 1. The van der Waals surface area contributed by atoms with Crippen LogP contribution in [-0.4, -0.2) is 25.7 Å². The normalized spacial score (nSPS) is 26.4. The van der Waals surface area contributed by atoms with E-state index in [2.05, 4.69) is 53.6 Å². The topological polar surface area (TPSA) is 50.9 Å². The molecular formula is C25H31N2O2+. The van der Waals surface area contributed by atoms with Crippen molar-refractivity contribution in [2.24, 2.45) is 5.92 Å². The Morgan fingerprint density at radius 1 is 1.07 bits per heavy atom. The smallest absolute Gasteiger partial charge is 0.164 e. The molecular weight excluding hydrogens is 360 g/mol. The molecule has 1 aromatic heterocycles. The van der Waals surface area contributed by atoms with Gasteiger partial charge < -0.3 is 19.8 Å². The minimum Gasteiger partial charge on any atom is -0.493 e. The predicted molar refractivity (Wildman–Crippen MR) is 116 cm³/mol. The lowest BCUT2D eigenvalue weighted by Gasteiger charge is -2.42. The summed E-state index contributed by atoms with van der Waals surface area (Å²) in [7, 11) is 3.46. The second-order valence-corrected chi connectivity index (χ2v) is 8.89. The summed E-state index contributed by atoms with van der Waals surface area (Å²) in [5.74, 6) is 2.70. The van der Waals surface area contributed by atoms with Gasteiger partial charge in [-0.2, -0.15) is 0 Å². The number of nitrogens with one attached hydrogen (secondary N) is 1. The first-order chi connectivity index (χ1) is 14.2. The third-order valence-electron chi connectivity index (χ3n) is 7.18. The lowest BCUT2D eigenvalue weighted by atomic mass is 9.69. The number of para-hydroxylation sites is 2. The zero-order valence-corrected chi connectivity index (χ0v) is 17.6. The molecule has 1 aliphatic carbocycles. The molecule has 5 rings (SSSR count). The van der Waals surface area contributed by atoms with Crippen LogP contribution < -0.4 is 14.8 Å². The third kappa shape index (κ3) is 2.84. The summed E-state index contributed by atoms with van der Waals surface area (Å²) in [6, 6.07) is 15.0. The number of rotatable bonds is 3. The lowest BCUT2D eigenvalue weighted by Crippen LogP contribution is -2.97. The highest BCUT2D eigenvalue weighted by Crippen LogP contribution is 2.48. The number of hydrogen-bond donors (Lipinski definition) is 2. The predicted octanol–water partition coefficient (Wildman–Crippen LogP) is 4.30. The van der Waals surface area contributed by atoms with Gasteiger partial charge in [0.2, 0.25) is 0 Å². The van der Waals surface area contributed by atoms with Gasteiger partial charge in [-0.3, -0.25) is 0 Å². The summed E-state index contributed by atoms with van der Waals surface area (Å²) in [5.41, 5.74) is 5.54. The molecule has 29 heavy (non-hydrogen) atoms. The number of ether oxygens (including phenoxy) is 2. The van der Waals surface area contributed by atoms with E-state index in [1.807, 2.05) is 6.07 Å². The van der Waals surface area contributed by atoms with Crippen molar-refractivity contribution in [3.63, 3.8) is 0 Å². The van der Waals surface area contributed by atoms with Crippen LogP contribution in [0.1, 0.15) is 55.3 Å². The molecule has 1 spiro atoms. The fourth-order valence-electron chi connectivity index (χ4n) is 5.95. The van der Waals surface area contributed by atoms with Crippen molar-refractivity contribution in [3.05, 3.63) is 59.3 Å². The summed E-state index contributed by atoms with van der Waals surface area (Å²) in [5, 5.41) is 3.97. The Kier molecular flexibility index (Phi) is 4.54. The van der Waals surface area contributed by atoms with Gasteiger partial charge in [0.25, 0.3) is 0 Å². The number of quaternary nitrogens is 1. The van der Waals surface area contributed by atoms with Crippen LogP contribution in [-0.2, 0) is 5.54 Å². The molecule has 1 aliphatic heterocycles. The zero-order chi connectivity index (χ0) is 20.0. The summed E-state index contributed by atoms with van der Waals surface area (Å²) in [6.07, 6.45) is 5.14. The Balaban J connectivity index is 1.73. The van der Waals surface area contributed by atoms with E-state index in [0.717, 1.165) is 24.0 Å². The summed E-state index contributed by atoms with van der Waals surface area (Å²) in [6.45, 7) is 3.44. The molecule has 4 heteroatoms.